The van der Waals surface area contributed by atoms with E-state index in [1.807, 2.05) is 0 Å². The Labute approximate surface area is 61.9 Å². The second kappa shape index (κ2) is 3.94. The molecular weight excluding hydrogens is 128 g/mol. The Morgan fingerprint density at radius 2 is 2.10 bits per heavy atom. The van der Waals surface area contributed by atoms with Gasteiger partial charge in [-0.25, -0.2) is 0 Å². The maximum absolute atomic E-state index is 9.33. The van der Waals surface area contributed by atoms with Gasteiger partial charge in [-0.2, -0.15) is 0 Å². The summed E-state index contributed by atoms with van der Waals surface area (Å²) in [5.41, 5.74) is 0. The van der Waals surface area contributed by atoms with Crippen LogP contribution in [0.3, 0.4) is 0 Å². The van der Waals surface area contributed by atoms with Crippen molar-refractivity contribution in [3.05, 3.63) is 0 Å². The van der Waals surface area contributed by atoms with Crippen molar-refractivity contribution in [3.8, 4) is 0 Å². The molecule has 2 nitrogen and oxygen atoms in total. The van der Waals surface area contributed by atoms with E-state index in [0.29, 0.717) is 5.92 Å². The normalized spacial score (nSPS) is 33.0. The van der Waals surface area contributed by atoms with Crippen molar-refractivity contribution in [3.63, 3.8) is 0 Å². The van der Waals surface area contributed by atoms with Crippen LogP contribution in [0.4, 0.5) is 0 Å². The molecular formula is C8H16O2. The highest BCUT2D eigenvalue weighted by atomic mass is 16.3. The van der Waals surface area contributed by atoms with E-state index in [1.165, 1.54) is 0 Å². The van der Waals surface area contributed by atoms with Crippen LogP contribution in [0.5, 0.6) is 0 Å². The van der Waals surface area contributed by atoms with Crippen molar-refractivity contribution >= 4 is 0 Å². The van der Waals surface area contributed by atoms with Crippen LogP contribution in [-0.4, -0.2) is 22.9 Å². The average molecular weight is 144 g/mol. The fourth-order valence-electron chi connectivity index (χ4n) is 1.71. The van der Waals surface area contributed by atoms with Gasteiger partial charge in [-0.15, -0.1) is 0 Å². The Hall–Kier alpha value is -0.0800. The van der Waals surface area contributed by atoms with Gasteiger partial charge in [0.2, 0.25) is 0 Å². The third kappa shape index (κ3) is 1.96. The number of hydrogen-bond donors (Lipinski definition) is 2. The maximum atomic E-state index is 9.33. The van der Waals surface area contributed by atoms with Gasteiger partial charge < -0.3 is 10.2 Å². The lowest BCUT2D eigenvalue weighted by atomic mass is 10.0. The molecule has 10 heavy (non-hydrogen) atoms. The predicted octanol–water partition coefficient (Wildman–Crippen LogP) is 0.920. The van der Waals surface area contributed by atoms with Crippen molar-refractivity contribution in [2.45, 2.75) is 38.2 Å². The summed E-state index contributed by atoms with van der Waals surface area (Å²) in [7, 11) is 0. The molecule has 1 saturated carbocycles. The van der Waals surface area contributed by atoms with Crippen LogP contribution in [-0.2, 0) is 0 Å². The van der Waals surface area contributed by atoms with Crippen molar-refractivity contribution in [1.82, 2.24) is 0 Å². The minimum Gasteiger partial charge on any atom is -0.396 e. The van der Waals surface area contributed by atoms with Gasteiger partial charge in [-0.3, -0.25) is 0 Å². The second-order valence-corrected chi connectivity index (χ2v) is 3.12. The van der Waals surface area contributed by atoms with E-state index >= 15 is 0 Å². The predicted molar refractivity (Wildman–Crippen MR) is 39.7 cm³/mol. The summed E-state index contributed by atoms with van der Waals surface area (Å²) in [5.74, 6) is 0.479. The molecule has 0 aromatic carbocycles. The van der Waals surface area contributed by atoms with E-state index in [0.717, 1.165) is 32.1 Å². The zero-order valence-electron chi connectivity index (χ0n) is 6.29. The zero-order chi connectivity index (χ0) is 7.40. The number of aliphatic hydroxyl groups excluding tert-OH is 2. The van der Waals surface area contributed by atoms with E-state index < -0.39 is 0 Å². The Balaban J connectivity index is 2.14. The Morgan fingerprint density at radius 1 is 1.30 bits per heavy atom. The van der Waals surface area contributed by atoms with Gasteiger partial charge in [0.1, 0.15) is 0 Å². The van der Waals surface area contributed by atoms with Crippen molar-refractivity contribution in [1.29, 1.82) is 0 Å². The number of rotatable bonds is 3. The van der Waals surface area contributed by atoms with Crippen LogP contribution in [0.2, 0.25) is 0 Å². The van der Waals surface area contributed by atoms with Gasteiger partial charge in [0.25, 0.3) is 0 Å². The molecule has 0 aliphatic heterocycles. The third-order valence-electron chi connectivity index (χ3n) is 2.35. The molecule has 1 aliphatic rings. The molecule has 0 bridgehead atoms. The number of hydrogen-bond acceptors (Lipinski definition) is 2. The minimum absolute atomic E-state index is 0.0773. The third-order valence-corrected chi connectivity index (χ3v) is 2.35. The first-order chi connectivity index (χ1) is 4.84. The molecule has 0 saturated heterocycles. The highest BCUT2D eigenvalue weighted by Crippen LogP contribution is 2.28. The fourth-order valence-corrected chi connectivity index (χ4v) is 1.71. The second-order valence-electron chi connectivity index (χ2n) is 3.12. The Morgan fingerprint density at radius 3 is 2.60 bits per heavy atom. The summed E-state index contributed by atoms with van der Waals surface area (Å²) in [5, 5.41) is 17.9. The molecule has 0 aromatic heterocycles. The van der Waals surface area contributed by atoms with Gasteiger partial charge in [0, 0.05) is 6.61 Å². The molecule has 1 aliphatic carbocycles. The van der Waals surface area contributed by atoms with Crippen LogP contribution < -0.4 is 0 Å². The van der Waals surface area contributed by atoms with Crippen LogP contribution in [0, 0.1) is 5.92 Å². The molecule has 0 spiro atoms. The first kappa shape index (κ1) is 8.02. The smallest absolute Gasteiger partial charge is 0.0568 e. The molecule has 2 N–H and O–H groups in total. The molecule has 60 valence electrons. The number of aliphatic hydroxyl groups is 2. The van der Waals surface area contributed by atoms with E-state index in [1.54, 1.807) is 0 Å². The molecule has 0 heterocycles. The van der Waals surface area contributed by atoms with Gasteiger partial charge in [0.15, 0.2) is 0 Å². The molecule has 1 fully saturated rings. The first-order valence-electron chi connectivity index (χ1n) is 4.13. The molecule has 0 radical (unpaired) electrons. The van der Waals surface area contributed by atoms with Crippen molar-refractivity contribution in [2.75, 3.05) is 6.61 Å². The van der Waals surface area contributed by atoms with Crippen LogP contribution in [0.1, 0.15) is 32.1 Å². The van der Waals surface area contributed by atoms with Gasteiger partial charge in [-0.1, -0.05) is 6.42 Å². The summed E-state index contributed by atoms with van der Waals surface area (Å²) < 4.78 is 0. The molecule has 2 atom stereocenters. The van der Waals surface area contributed by atoms with Crippen LogP contribution >= 0.6 is 0 Å². The lowest BCUT2D eigenvalue weighted by molar-refractivity contribution is 0.122. The first-order valence-corrected chi connectivity index (χ1v) is 4.13. The standard InChI is InChI=1S/C8H16O2/c9-6-2-4-7-3-1-5-8(7)10/h7-10H,1-6H2. The lowest BCUT2D eigenvalue weighted by Crippen LogP contribution is -2.12. The molecule has 2 heteroatoms. The largest absolute Gasteiger partial charge is 0.396 e. The van der Waals surface area contributed by atoms with Gasteiger partial charge in [-0.05, 0) is 31.6 Å². The van der Waals surface area contributed by atoms with Crippen LogP contribution in [0.25, 0.3) is 0 Å². The van der Waals surface area contributed by atoms with Crippen molar-refractivity contribution < 1.29 is 10.2 Å². The summed E-state index contributed by atoms with van der Waals surface area (Å²) in [6.07, 6.45) is 5.06. The molecule has 0 amide bonds. The van der Waals surface area contributed by atoms with E-state index in [9.17, 15) is 5.11 Å². The zero-order valence-corrected chi connectivity index (χ0v) is 6.29. The van der Waals surface area contributed by atoms with E-state index in [2.05, 4.69) is 0 Å². The monoisotopic (exact) mass is 144 g/mol. The molecule has 2 unspecified atom stereocenters. The highest BCUT2D eigenvalue weighted by molar-refractivity contribution is 4.75. The summed E-state index contributed by atoms with van der Waals surface area (Å²) in [6, 6.07) is 0. The summed E-state index contributed by atoms with van der Waals surface area (Å²) >= 11 is 0. The minimum atomic E-state index is -0.0773. The van der Waals surface area contributed by atoms with Gasteiger partial charge in [0.05, 0.1) is 6.10 Å². The fraction of sp³-hybridized carbons (Fsp3) is 1.00. The molecule has 1 rings (SSSR count). The Bertz CT molecular complexity index is 93.3. The topological polar surface area (TPSA) is 40.5 Å². The van der Waals surface area contributed by atoms with Crippen molar-refractivity contribution in [2.24, 2.45) is 5.92 Å². The average Bonchev–Trinajstić information content (AvgIpc) is 2.31. The van der Waals surface area contributed by atoms with Crippen LogP contribution in [0.15, 0.2) is 0 Å². The molecule has 0 aromatic rings. The van der Waals surface area contributed by atoms with E-state index in [4.69, 9.17) is 5.11 Å². The lowest BCUT2D eigenvalue weighted by Gasteiger charge is -2.12. The van der Waals surface area contributed by atoms with Gasteiger partial charge >= 0.3 is 0 Å². The van der Waals surface area contributed by atoms with E-state index in [-0.39, 0.29) is 12.7 Å². The summed E-state index contributed by atoms with van der Waals surface area (Å²) in [4.78, 5) is 0. The highest BCUT2D eigenvalue weighted by Gasteiger charge is 2.23. The Kier molecular flexibility index (Phi) is 3.16. The quantitative estimate of drug-likeness (QED) is 0.618. The maximum Gasteiger partial charge on any atom is 0.0568 e. The summed E-state index contributed by atoms with van der Waals surface area (Å²) in [6.45, 7) is 0.267. The SMILES string of the molecule is OCCCC1CCCC1O.